The Morgan fingerprint density at radius 1 is 1.14 bits per heavy atom. The largest absolute Gasteiger partial charge is 0.356 e. The standard InChI is InChI=1S/C17H30N4/c1-17(2,15-10-7-6-8-11-15)14-20-16(18-3)19-12-9-13-21(4)5/h6-8,10-11H,9,12-14H2,1-5H3,(H2,18,19,20). The minimum absolute atomic E-state index is 0.0719. The molecule has 21 heavy (non-hydrogen) atoms. The van der Waals surface area contributed by atoms with Crippen molar-refractivity contribution in [3.63, 3.8) is 0 Å². The summed E-state index contributed by atoms with van der Waals surface area (Å²) in [6.45, 7) is 7.36. The number of rotatable bonds is 7. The molecule has 0 spiro atoms. The minimum Gasteiger partial charge on any atom is -0.356 e. The van der Waals surface area contributed by atoms with Crippen LogP contribution >= 0.6 is 0 Å². The maximum atomic E-state index is 4.28. The van der Waals surface area contributed by atoms with Gasteiger partial charge in [0.15, 0.2) is 5.96 Å². The van der Waals surface area contributed by atoms with Crippen molar-refractivity contribution in [2.75, 3.05) is 40.8 Å². The van der Waals surface area contributed by atoms with Gasteiger partial charge in [0.25, 0.3) is 0 Å². The summed E-state index contributed by atoms with van der Waals surface area (Å²) in [7, 11) is 6.00. The van der Waals surface area contributed by atoms with Crippen molar-refractivity contribution in [3.05, 3.63) is 35.9 Å². The topological polar surface area (TPSA) is 39.7 Å². The third kappa shape index (κ3) is 6.63. The first-order valence-corrected chi connectivity index (χ1v) is 7.60. The normalized spacial score (nSPS) is 12.6. The third-order valence-corrected chi connectivity index (χ3v) is 3.55. The molecule has 0 aliphatic heterocycles. The molecule has 2 N–H and O–H groups in total. The van der Waals surface area contributed by atoms with Crippen LogP contribution in [0.3, 0.4) is 0 Å². The molecule has 0 aromatic heterocycles. The zero-order valence-corrected chi connectivity index (χ0v) is 14.1. The van der Waals surface area contributed by atoms with Crippen LogP contribution in [-0.2, 0) is 5.41 Å². The molecule has 1 rings (SSSR count). The van der Waals surface area contributed by atoms with Crippen LogP contribution in [0.15, 0.2) is 35.3 Å². The highest BCUT2D eigenvalue weighted by atomic mass is 15.2. The van der Waals surface area contributed by atoms with Gasteiger partial charge in [0.05, 0.1) is 0 Å². The van der Waals surface area contributed by atoms with E-state index in [4.69, 9.17) is 0 Å². The Balaban J connectivity index is 2.41. The number of benzene rings is 1. The zero-order valence-electron chi connectivity index (χ0n) is 14.1. The average molecular weight is 290 g/mol. The predicted molar refractivity (Wildman–Crippen MR) is 92.0 cm³/mol. The lowest BCUT2D eigenvalue weighted by molar-refractivity contribution is 0.399. The van der Waals surface area contributed by atoms with Crippen LogP contribution in [0.5, 0.6) is 0 Å². The molecule has 1 aromatic carbocycles. The number of hydrogen-bond acceptors (Lipinski definition) is 2. The van der Waals surface area contributed by atoms with Crippen molar-refractivity contribution in [2.24, 2.45) is 4.99 Å². The highest BCUT2D eigenvalue weighted by Gasteiger charge is 2.20. The Labute approximate surface area is 129 Å². The van der Waals surface area contributed by atoms with Crippen molar-refractivity contribution < 1.29 is 0 Å². The van der Waals surface area contributed by atoms with Gasteiger partial charge in [-0.3, -0.25) is 4.99 Å². The summed E-state index contributed by atoms with van der Waals surface area (Å²) in [5, 5.41) is 6.78. The maximum Gasteiger partial charge on any atom is 0.191 e. The van der Waals surface area contributed by atoms with E-state index in [-0.39, 0.29) is 5.41 Å². The molecule has 0 aliphatic carbocycles. The van der Waals surface area contributed by atoms with Gasteiger partial charge in [0.1, 0.15) is 0 Å². The summed E-state index contributed by atoms with van der Waals surface area (Å²) in [6.07, 6.45) is 1.11. The van der Waals surface area contributed by atoms with Gasteiger partial charge in [-0.2, -0.15) is 0 Å². The average Bonchev–Trinajstić information content (AvgIpc) is 2.47. The fourth-order valence-corrected chi connectivity index (χ4v) is 2.12. The fraction of sp³-hybridized carbons (Fsp3) is 0.588. The molecular formula is C17H30N4. The molecule has 0 unspecified atom stereocenters. The van der Waals surface area contributed by atoms with Gasteiger partial charge in [-0.1, -0.05) is 44.2 Å². The Kier molecular flexibility index (Phi) is 7.23. The molecule has 0 saturated heterocycles. The van der Waals surface area contributed by atoms with Crippen molar-refractivity contribution in [2.45, 2.75) is 25.7 Å². The van der Waals surface area contributed by atoms with E-state index in [0.717, 1.165) is 32.0 Å². The molecule has 1 aromatic rings. The first kappa shape index (κ1) is 17.5. The maximum absolute atomic E-state index is 4.28. The minimum atomic E-state index is 0.0719. The van der Waals surface area contributed by atoms with Crippen molar-refractivity contribution in [1.82, 2.24) is 15.5 Å². The van der Waals surface area contributed by atoms with Gasteiger partial charge in [-0.25, -0.2) is 0 Å². The lowest BCUT2D eigenvalue weighted by Gasteiger charge is -2.26. The summed E-state index contributed by atoms with van der Waals surface area (Å²) in [5.74, 6) is 0.873. The summed E-state index contributed by atoms with van der Waals surface area (Å²) >= 11 is 0. The molecule has 118 valence electrons. The molecule has 4 nitrogen and oxygen atoms in total. The van der Waals surface area contributed by atoms with Gasteiger partial charge < -0.3 is 15.5 Å². The van der Waals surface area contributed by atoms with E-state index in [9.17, 15) is 0 Å². The van der Waals surface area contributed by atoms with Crippen LogP contribution in [-0.4, -0.2) is 51.6 Å². The lowest BCUT2D eigenvalue weighted by atomic mass is 9.85. The molecule has 0 amide bonds. The molecular weight excluding hydrogens is 260 g/mol. The van der Waals surface area contributed by atoms with E-state index < -0.39 is 0 Å². The molecule has 4 heteroatoms. The Morgan fingerprint density at radius 3 is 2.38 bits per heavy atom. The summed E-state index contributed by atoms with van der Waals surface area (Å²) < 4.78 is 0. The molecule has 0 atom stereocenters. The molecule has 0 bridgehead atoms. The summed E-state index contributed by atoms with van der Waals surface area (Å²) in [6, 6.07) is 10.6. The monoisotopic (exact) mass is 290 g/mol. The van der Waals surface area contributed by atoms with Crippen LogP contribution in [0.2, 0.25) is 0 Å². The van der Waals surface area contributed by atoms with Crippen molar-refractivity contribution >= 4 is 5.96 Å². The third-order valence-electron chi connectivity index (χ3n) is 3.55. The quantitative estimate of drug-likeness (QED) is 0.459. The van der Waals surface area contributed by atoms with Crippen LogP contribution < -0.4 is 10.6 Å². The molecule has 0 heterocycles. The van der Waals surface area contributed by atoms with Crippen LogP contribution in [0, 0.1) is 0 Å². The number of nitrogens with zero attached hydrogens (tertiary/aromatic N) is 2. The Bertz CT molecular complexity index is 424. The summed E-state index contributed by atoms with van der Waals surface area (Å²) in [5.41, 5.74) is 1.41. The van der Waals surface area contributed by atoms with E-state index in [1.807, 2.05) is 7.05 Å². The first-order chi connectivity index (χ1) is 9.95. The van der Waals surface area contributed by atoms with E-state index in [2.05, 4.69) is 78.8 Å². The lowest BCUT2D eigenvalue weighted by Crippen LogP contribution is -2.44. The number of nitrogens with one attached hydrogen (secondary N) is 2. The second kappa shape index (κ2) is 8.67. The Hall–Kier alpha value is -1.55. The highest BCUT2D eigenvalue weighted by molar-refractivity contribution is 5.79. The van der Waals surface area contributed by atoms with Gasteiger partial charge in [-0.05, 0) is 32.6 Å². The van der Waals surface area contributed by atoms with Gasteiger partial charge >= 0.3 is 0 Å². The van der Waals surface area contributed by atoms with Gasteiger partial charge in [0, 0.05) is 25.6 Å². The summed E-state index contributed by atoms with van der Waals surface area (Å²) in [4.78, 5) is 6.47. The predicted octanol–water partition coefficient (Wildman–Crippen LogP) is 2.08. The van der Waals surface area contributed by atoms with E-state index >= 15 is 0 Å². The number of aliphatic imine (C=N–C) groups is 1. The first-order valence-electron chi connectivity index (χ1n) is 7.60. The van der Waals surface area contributed by atoms with Crippen molar-refractivity contribution in [3.8, 4) is 0 Å². The van der Waals surface area contributed by atoms with Gasteiger partial charge in [0.2, 0.25) is 0 Å². The zero-order chi connectivity index (χ0) is 15.7. The molecule has 0 radical (unpaired) electrons. The molecule has 0 aliphatic rings. The fourth-order valence-electron chi connectivity index (χ4n) is 2.12. The van der Waals surface area contributed by atoms with E-state index in [1.54, 1.807) is 0 Å². The van der Waals surface area contributed by atoms with E-state index in [1.165, 1.54) is 5.56 Å². The van der Waals surface area contributed by atoms with Crippen LogP contribution in [0.4, 0.5) is 0 Å². The molecule has 0 fully saturated rings. The second-order valence-electron chi connectivity index (χ2n) is 6.26. The number of hydrogen-bond donors (Lipinski definition) is 2. The molecule has 0 saturated carbocycles. The van der Waals surface area contributed by atoms with Crippen LogP contribution in [0.1, 0.15) is 25.8 Å². The highest BCUT2D eigenvalue weighted by Crippen LogP contribution is 2.21. The van der Waals surface area contributed by atoms with Crippen molar-refractivity contribution in [1.29, 1.82) is 0 Å². The number of guanidine groups is 1. The smallest absolute Gasteiger partial charge is 0.191 e. The van der Waals surface area contributed by atoms with Crippen LogP contribution in [0.25, 0.3) is 0 Å². The van der Waals surface area contributed by atoms with Gasteiger partial charge in [-0.15, -0.1) is 0 Å². The Morgan fingerprint density at radius 2 is 1.81 bits per heavy atom. The van der Waals surface area contributed by atoms with E-state index in [0.29, 0.717) is 0 Å². The SMILES string of the molecule is CN=C(NCCCN(C)C)NCC(C)(C)c1ccccc1. The second-order valence-corrected chi connectivity index (χ2v) is 6.26.